The van der Waals surface area contributed by atoms with Gasteiger partial charge in [-0.2, -0.15) is 0 Å². The molecule has 1 aromatic heterocycles. The summed E-state index contributed by atoms with van der Waals surface area (Å²) in [6.07, 6.45) is 0.913. The maximum Gasteiger partial charge on any atom is 0.233 e. The molecule has 0 aliphatic carbocycles. The van der Waals surface area contributed by atoms with E-state index in [1.807, 2.05) is 19.1 Å². The first-order valence-electron chi connectivity index (χ1n) is 7.59. The number of carbonyl (C=O) groups excluding carboxylic acids is 1. The number of amides is 1. The maximum atomic E-state index is 12.4. The summed E-state index contributed by atoms with van der Waals surface area (Å²) in [4.78, 5) is 22.4. The number of nitrogens with zero attached hydrogens (tertiary/aromatic N) is 3. The molecule has 2 N–H and O–H groups in total. The molecule has 2 aromatic rings. The highest BCUT2D eigenvalue weighted by Gasteiger charge is 2.32. The van der Waals surface area contributed by atoms with Gasteiger partial charge in [-0.3, -0.25) is 13.9 Å². The average molecular weight is 365 g/mol. The predicted octanol–water partition coefficient (Wildman–Crippen LogP) is 2.32. The summed E-state index contributed by atoms with van der Waals surface area (Å²) < 4.78 is 12.2. The lowest BCUT2D eigenvalue weighted by Gasteiger charge is -2.17. The summed E-state index contributed by atoms with van der Waals surface area (Å²) in [5.41, 5.74) is 7.49. The number of anilines is 2. The third-order valence-corrected chi connectivity index (χ3v) is 5.35. The van der Waals surface area contributed by atoms with Gasteiger partial charge in [0.25, 0.3) is 0 Å². The number of fused-ring (bicyclic) bond motifs is 1. The molecule has 0 saturated carbocycles. The Balaban J connectivity index is 1.95. The number of hydrogen-bond acceptors (Lipinski definition) is 5. The van der Waals surface area contributed by atoms with Crippen molar-refractivity contribution in [1.82, 2.24) is 9.97 Å². The van der Waals surface area contributed by atoms with E-state index in [-0.39, 0.29) is 23.3 Å². The molecule has 0 radical (unpaired) electrons. The van der Waals surface area contributed by atoms with Crippen molar-refractivity contribution in [2.45, 2.75) is 31.5 Å². The Kier molecular flexibility index (Phi) is 4.82. The fourth-order valence-corrected chi connectivity index (χ4v) is 3.61. The Hall–Kier alpha value is -1.99. The first-order valence-corrected chi connectivity index (χ1v) is 9.29. The van der Waals surface area contributed by atoms with Crippen LogP contribution in [0.5, 0.6) is 0 Å². The van der Waals surface area contributed by atoms with Gasteiger partial charge in [0.1, 0.15) is 11.6 Å². The third-order valence-electron chi connectivity index (χ3n) is 3.73. The molecule has 0 fully saturated rings. The summed E-state index contributed by atoms with van der Waals surface area (Å²) >= 11 is 5.89. The summed E-state index contributed by atoms with van der Waals surface area (Å²) in [5.74, 6) is 1.05. The van der Waals surface area contributed by atoms with Gasteiger partial charge in [0, 0.05) is 16.3 Å². The predicted molar refractivity (Wildman–Crippen MR) is 94.4 cm³/mol. The Labute approximate surface area is 147 Å². The summed E-state index contributed by atoms with van der Waals surface area (Å²) in [6.45, 7) is 2.30. The van der Waals surface area contributed by atoms with Gasteiger partial charge in [-0.15, -0.1) is 0 Å². The zero-order valence-corrected chi connectivity index (χ0v) is 14.7. The molecule has 0 bridgehead atoms. The minimum absolute atomic E-state index is 0.0978. The van der Waals surface area contributed by atoms with E-state index < -0.39 is 10.8 Å². The number of rotatable bonds is 5. The van der Waals surface area contributed by atoms with Crippen molar-refractivity contribution in [3.63, 3.8) is 0 Å². The van der Waals surface area contributed by atoms with E-state index in [1.54, 1.807) is 17.0 Å². The van der Waals surface area contributed by atoms with E-state index in [0.717, 1.165) is 12.0 Å². The Bertz CT molecular complexity index is 810. The van der Waals surface area contributed by atoms with Gasteiger partial charge in [-0.25, -0.2) is 9.97 Å². The van der Waals surface area contributed by atoms with Crippen molar-refractivity contribution in [2.24, 2.45) is 0 Å². The zero-order chi connectivity index (χ0) is 17.3. The van der Waals surface area contributed by atoms with Crippen LogP contribution in [0.4, 0.5) is 11.6 Å². The second-order valence-electron chi connectivity index (χ2n) is 5.53. The van der Waals surface area contributed by atoms with Crippen LogP contribution in [0.1, 0.15) is 24.5 Å². The number of nitrogens with two attached hydrogens (primary N) is 1. The summed E-state index contributed by atoms with van der Waals surface area (Å²) in [6, 6.07) is 7.26. The van der Waals surface area contributed by atoms with Crippen LogP contribution in [0.15, 0.2) is 29.4 Å². The molecule has 3 rings (SSSR count). The molecule has 1 aliphatic heterocycles. The fourth-order valence-electron chi connectivity index (χ4n) is 2.54. The minimum Gasteiger partial charge on any atom is -0.383 e. The van der Waals surface area contributed by atoms with Crippen LogP contribution in [0, 0.1) is 0 Å². The topological polar surface area (TPSA) is 89.2 Å². The molecular formula is C16H17ClN4O2S. The first-order chi connectivity index (χ1) is 11.5. The minimum atomic E-state index is -1.32. The molecule has 24 heavy (non-hydrogen) atoms. The van der Waals surface area contributed by atoms with Crippen molar-refractivity contribution in [1.29, 1.82) is 0 Å². The van der Waals surface area contributed by atoms with Gasteiger partial charge >= 0.3 is 0 Å². The van der Waals surface area contributed by atoms with E-state index in [2.05, 4.69) is 9.97 Å². The molecule has 1 aromatic carbocycles. The van der Waals surface area contributed by atoms with Gasteiger partial charge in [0.05, 0.1) is 23.8 Å². The fraction of sp³-hybridized carbons (Fsp3) is 0.312. The molecule has 2 heterocycles. The third kappa shape index (κ3) is 3.27. The molecule has 126 valence electrons. The van der Waals surface area contributed by atoms with Crippen LogP contribution in [0.25, 0.3) is 0 Å². The Morgan fingerprint density at radius 3 is 2.67 bits per heavy atom. The largest absolute Gasteiger partial charge is 0.383 e. The van der Waals surface area contributed by atoms with Gasteiger partial charge < -0.3 is 5.73 Å². The average Bonchev–Trinajstić information content (AvgIpc) is 2.87. The van der Waals surface area contributed by atoms with Gasteiger partial charge in [-0.1, -0.05) is 30.7 Å². The quantitative estimate of drug-likeness (QED) is 0.822. The van der Waals surface area contributed by atoms with Gasteiger partial charge in [0.2, 0.25) is 11.1 Å². The first kappa shape index (κ1) is 16.9. The van der Waals surface area contributed by atoms with Crippen LogP contribution in [0.2, 0.25) is 5.02 Å². The zero-order valence-electron chi connectivity index (χ0n) is 13.2. The van der Waals surface area contributed by atoms with Crippen LogP contribution in [-0.4, -0.2) is 25.8 Å². The number of nitrogen functional groups attached to an aromatic ring is 1. The van der Waals surface area contributed by atoms with Crippen molar-refractivity contribution in [3.8, 4) is 0 Å². The molecule has 0 spiro atoms. The van der Waals surface area contributed by atoms with Gasteiger partial charge in [0.15, 0.2) is 0 Å². The normalized spacial score (nSPS) is 14.8. The number of halogens is 1. The molecule has 8 heteroatoms. The van der Waals surface area contributed by atoms with E-state index in [1.165, 1.54) is 0 Å². The number of carbonyl (C=O) groups is 1. The van der Waals surface area contributed by atoms with Crippen LogP contribution in [-0.2, 0) is 28.6 Å². The molecule has 1 aliphatic rings. The van der Waals surface area contributed by atoms with Crippen molar-refractivity contribution >= 4 is 39.9 Å². The van der Waals surface area contributed by atoms with E-state index in [0.29, 0.717) is 28.7 Å². The van der Waals surface area contributed by atoms with Gasteiger partial charge in [-0.05, 0) is 24.1 Å². The Morgan fingerprint density at radius 1 is 1.29 bits per heavy atom. The van der Waals surface area contributed by atoms with Crippen LogP contribution < -0.4 is 10.6 Å². The second-order valence-corrected chi connectivity index (χ2v) is 7.43. The second kappa shape index (κ2) is 6.86. The molecule has 6 nitrogen and oxygen atoms in total. The SMILES string of the molecule is CCCS(=O)c1nc(N)c2c(n1)N(Cc1ccc(Cl)cc1)C(=O)C2. The van der Waals surface area contributed by atoms with Crippen LogP contribution in [0.3, 0.4) is 0 Å². The standard InChI is InChI=1S/C16H17ClN4O2S/c1-2-7-24(23)16-19-14(18)12-8-13(22)21(15(12)20-16)9-10-3-5-11(17)6-4-10/h3-6H,2,7-9H2,1H3,(H2,18,19,20). The van der Waals surface area contributed by atoms with Crippen molar-refractivity contribution in [2.75, 3.05) is 16.4 Å². The highest BCUT2D eigenvalue weighted by atomic mass is 35.5. The molecule has 1 amide bonds. The summed E-state index contributed by atoms with van der Waals surface area (Å²) in [5, 5.41) is 0.819. The lowest BCUT2D eigenvalue weighted by atomic mass is 10.2. The monoisotopic (exact) mass is 364 g/mol. The van der Waals surface area contributed by atoms with Crippen molar-refractivity contribution in [3.05, 3.63) is 40.4 Å². The number of aromatic nitrogens is 2. The lowest BCUT2D eigenvalue weighted by molar-refractivity contribution is -0.117. The summed E-state index contributed by atoms with van der Waals surface area (Å²) in [7, 11) is -1.32. The molecular weight excluding hydrogens is 348 g/mol. The van der Waals surface area contributed by atoms with Crippen molar-refractivity contribution < 1.29 is 9.00 Å². The number of benzene rings is 1. The highest BCUT2D eigenvalue weighted by Crippen LogP contribution is 2.32. The molecule has 0 saturated heterocycles. The highest BCUT2D eigenvalue weighted by molar-refractivity contribution is 7.84. The Morgan fingerprint density at radius 2 is 2.00 bits per heavy atom. The van der Waals surface area contributed by atoms with Crippen LogP contribution >= 0.6 is 11.6 Å². The van der Waals surface area contributed by atoms with E-state index in [9.17, 15) is 9.00 Å². The molecule has 1 unspecified atom stereocenters. The number of hydrogen-bond donors (Lipinski definition) is 1. The molecule has 1 atom stereocenters. The van der Waals surface area contributed by atoms with E-state index >= 15 is 0 Å². The smallest absolute Gasteiger partial charge is 0.233 e. The lowest BCUT2D eigenvalue weighted by Crippen LogP contribution is -2.27. The van der Waals surface area contributed by atoms with E-state index in [4.69, 9.17) is 17.3 Å². The maximum absolute atomic E-state index is 12.4.